The number of carbonyl (C=O) groups excluding carboxylic acids is 1. The van der Waals surface area contributed by atoms with E-state index in [1.807, 2.05) is 24.3 Å². The first kappa shape index (κ1) is 23.0. The van der Waals surface area contributed by atoms with Gasteiger partial charge >= 0.3 is 6.61 Å². The molecule has 1 fully saturated rings. The smallest absolute Gasteiger partial charge is 0.387 e. The Bertz CT molecular complexity index is 906. The van der Waals surface area contributed by atoms with Gasteiger partial charge < -0.3 is 14.4 Å². The molecule has 2 aromatic rings. The van der Waals surface area contributed by atoms with E-state index in [9.17, 15) is 13.6 Å². The van der Waals surface area contributed by atoms with Crippen molar-refractivity contribution in [3.63, 3.8) is 0 Å². The summed E-state index contributed by atoms with van der Waals surface area (Å²) in [5.41, 5.74) is 1.53. The zero-order valence-electron chi connectivity index (χ0n) is 17.3. The lowest BCUT2D eigenvalue weighted by molar-refractivity contribution is -0.125. The predicted molar refractivity (Wildman–Crippen MR) is 117 cm³/mol. The molecule has 31 heavy (non-hydrogen) atoms. The van der Waals surface area contributed by atoms with Crippen molar-refractivity contribution in [2.75, 3.05) is 33.3 Å². The number of alkyl halides is 2. The normalized spacial score (nSPS) is 15.3. The van der Waals surface area contributed by atoms with E-state index in [1.54, 1.807) is 17.0 Å². The van der Waals surface area contributed by atoms with Crippen LogP contribution in [0.5, 0.6) is 11.5 Å². The molecule has 2 aromatic carbocycles. The highest BCUT2D eigenvalue weighted by Crippen LogP contribution is 2.33. The Hall–Kier alpha value is -2.64. The number of hydrogen-bond donors (Lipinski definition) is 0. The second kappa shape index (κ2) is 11.1. The summed E-state index contributed by atoms with van der Waals surface area (Å²) in [5, 5.41) is 0.710. The molecule has 0 unspecified atom stereocenters. The van der Waals surface area contributed by atoms with Gasteiger partial charge in [0.1, 0.15) is 0 Å². The molecule has 0 radical (unpaired) electrons. The number of hydrogen-bond acceptors (Lipinski definition) is 4. The fourth-order valence-corrected chi connectivity index (χ4v) is 3.63. The highest BCUT2D eigenvalue weighted by atomic mass is 35.5. The summed E-state index contributed by atoms with van der Waals surface area (Å²) < 4.78 is 35.2. The Labute approximate surface area is 185 Å². The molecule has 0 saturated carbocycles. The third-order valence-corrected chi connectivity index (χ3v) is 5.31. The van der Waals surface area contributed by atoms with Gasteiger partial charge in [-0.1, -0.05) is 35.9 Å². The van der Waals surface area contributed by atoms with Crippen molar-refractivity contribution in [3.8, 4) is 11.5 Å². The summed E-state index contributed by atoms with van der Waals surface area (Å²) in [6, 6.07) is 12.5. The van der Waals surface area contributed by atoms with Crippen LogP contribution in [-0.4, -0.2) is 55.6 Å². The molecule has 1 amide bonds. The predicted octanol–water partition coefficient (Wildman–Crippen LogP) is 4.70. The molecule has 0 atom stereocenters. The number of rotatable bonds is 7. The van der Waals surface area contributed by atoms with Crippen molar-refractivity contribution in [1.29, 1.82) is 0 Å². The Kier molecular flexibility index (Phi) is 8.26. The molecule has 0 aromatic heterocycles. The summed E-state index contributed by atoms with van der Waals surface area (Å²) in [4.78, 5) is 16.8. The number of para-hydroxylation sites is 1. The highest BCUT2D eigenvalue weighted by molar-refractivity contribution is 6.30. The maximum atomic E-state index is 12.8. The Balaban J connectivity index is 1.62. The first-order valence-corrected chi connectivity index (χ1v) is 10.4. The van der Waals surface area contributed by atoms with E-state index in [0.717, 1.165) is 26.1 Å². The van der Waals surface area contributed by atoms with Gasteiger partial charge in [-0.15, -0.1) is 0 Å². The van der Waals surface area contributed by atoms with E-state index in [4.69, 9.17) is 16.3 Å². The van der Waals surface area contributed by atoms with Gasteiger partial charge in [0.15, 0.2) is 11.5 Å². The van der Waals surface area contributed by atoms with Gasteiger partial charge in [0.05, 0.1) is 7.11 Å². The highest BCUT2D eigenvalue weighted by Gasteiger charge is 2.19. The maximum Gasteiger partial charge on any atom is 0.387 e. The van der Waals surface area contributed by atoms with Gasteiger partial charge in [-0.05, 0) is 36.3 Å². The number of benzene rings is 2. The molecule has 166 valence electrons. The lowest BCUT2D eigenvalue weighted by Gasteiger charge is -2.21. The number of methoxy groups -OCH3 is 1. The first-order valence-electron chi connectivity index (χ1n) is 10.0. The summed E-state index contributed by atoms with van der Waals surface area (Å²) in [7, 11) is 1.37. The van der Waals surface area contributed by atoms with Crippen LogP contribution in [-0.2, 0) is 11.3 Å². The molecule has 1 aliphatic rings. The van der Waals surface area contributed by atoms with E-state index >= 15 is 0 Å². The standard InChI is InChI=1S/C23H25ClF2N2O3/c1-30-20-5-2-4-18(22(20)31-23(25)26)8-11-21(29)28-13-3-12-27(14-15-28)16-17-6-9-19(24)10-7-17/h2,4-11,23H,3,12-16H2,1H3/b11-8+. The van der Waals surface area contributed by atoms with Crippen LogP contribution in [0, 0.1) is 0 Å². The quantitative estimate of drug-likeness (QED) is 0.573. The summed E-state index contributed by atoms with van der Waals surface area (Å²) in [6.07, 6.45) is 3.73. The molecule has 5 nitrogen and oxygen atoms in total. The number of halogens is 3. The second-order valence-corrected chi connectivity index (χ2v) is 7.61. The van der Waals surface area contributed by atoms with Crippen LogP contribution in [0.4, 0.5) is 8.78 Å². The molecule has 0 N–H and O–H groups in total. The molecular formula is C23H25ClF2N2O3. The maximum absolute atomic E-state index is 12.8. The van der Waals surface area contributed by atoms with E-state index in [2.05, 4.69) is 9.64 Å². The summed E-state index contributed by atoms with van der Waals surface area (Å²) >= 11 is 5.94. The van der Waals surface area contributed by atoms with Crippen molar-refractivity contribution in [3.05, 3.63) is 64.7 Å². The molecule has 8 heteroatoms. The van der Waals surface area contributed by atoms with Crippen molar-refractivity contribution in [1.82, 2.24) is 9.80 Å². The molecule has 0 bridgehead atoms. The van der Waals surface area contributed by atoms with Gasteiger partial charge in [-0.25, -0.2) is 0 Å². The van der Waals surface area contributed by atoms with Crippen molar-refractivity contribution in [2.24, 2.45) is 0 Å². The van der Waals surface area contributed by atoms with Gasteiger partial charge in [0.2, 0.25) is 5.91 Å². The van der Waals surface area contributed by atoms with Crippen LogP contribution in [0.1, 0.15) is 17.5 Å². The van der Waals surface area contributed by atoms with E-state index in [1.165, 1.54) is 30.9 Å². The Morgan fingerprint density at radius 2 is 1.90 bits per heavy atom. The van der Waals surface area contributed by atoms with Crippen LogP contribution in [0.3, 0.4) is 0 Å². The fraction of sp³-hybridized carbons (Fsp3) is 0.348. The minimum Gasteiger partial charge on any atom is -0.493 e. The second-order valence-electron chi connectivity index (χ2n) is 7.17. The first-order chi connectivity index (χ1) is 15.0. The van der Waals surface area contributed by atoms with E-state index in [-0.39, 0.29) is 17.4 Å². The van der Waals surface area contributed by atoms with Crippen LogP contribution in [0.15, 0.2) is 48.5 Å². The van der Waals surface area contributed by atoms with Gasteiger partial charge in [-0.3, -0.25) is 9.69 Å². The topological polar surface area (TPSA) is 42.0 Å². The third-order valence-electron chi connectivity index (χ3n) is 5.06. The zero-order valence-corrected chi connectivity index (χ0v) is 18.0. The lowest BCUT2D eigenvalue weighted by atomic mass is 10.1. The number of ether oxygens (including phenoxy) is 2. The average Bonchev–Trinajstić information content (AvgIpc) is 2.99. The van der Waals surface area contributed by atoms with Gasteiger partial charge in [0, 0.05) is 49.4 Å². The molecule has 1 aliphatic heterocycles. The Morgan fingerprint density at radius 3 is 2.61 bits per heavy atom. The van der Waals surface area contributed by atoms with Gasteiger partial charge in [0.25, 0.3) is 0 Å². The van der Waals surface area contributed by atoms with Crippen molar-refractivity contribution < 1.29 is 23.0 Å². The van der Waals surface area contributed by atoms with Crippen LogP contribution < -0.4 is 9.47 Å². The number of carbonyl (C=O) groups is 1. The van der Waals surface area contributed by atoms with Crippen LogP contribution in [0.25, 0.3) is 6.08 Å². The average molecular weight is 451 g/mol. The monoisotopic (exact) mass is 450 g/mol. The molecular weight excluding hydrogens is 426 g/mol. The minimum atomic E-state index is -2.99. The van der Waals surface area contributed by atoms with Crippen LogP contribution in [0.2, 0.25) is 5.02 Å². The van der Waals surface area contributed by atoms with Crippen molar-refractivity contribution in [2.45, 2.75) is 19.6 Å². The Morgan fingerprint density at radius 1 is 1.13 bits per heavy atom. The van der Waals surface area contributed by atoms with Gasteiger partial charge in [-0.2, -0.15) is 8.78 Å². The zero-order chi connectivity index (χ0) is 22.2. The number of nitrogens with zero attached hydrogens (tertiary/aromatic N) is 2. The summed E-state index contributed by atoms with van der Waals surface area (Å²) in [6.45, 7) is 0.678. The number of amides is 1. The summed E-state index contributed by atoms with van der Waals surface area (Å²) in [5.74, 6) is -0.0734. The van der Waals surface area contributed by atoms with Crippen molar-refractivity contribution >= 4 is 23.6 Å². The van der Waals surface area contributed by atoms with E-state index < -0.39 is 6.61 Å². The SMILES string of the molecule is COc1cccc(/C=C/C(=O)N2CCCN(Cc3ccc(Cl)cc3)CC2)c1OC(F)F. The molecule has 0 spiro atoms. The molecule has 3 rings (SSSR count). The van der Waals surface area contributed by atoms with Crippen LogP contribution >= 0.6 is 11.6 Å². The minimum absolute atomic E-state index is 0.0888. The molecule has 0 aliphatic carbocycles. The fourth-order valence-electron chi connectivity index (χ4n) is 3.50. The lowest BCUT2D eigenvalue weighted by Crippen LogP contribution is -2.34. The van der Waals surface area contributed by atoms with E-state index in [0.29, 0.717) is 23.7 Å². The third kappa shape index (κ3) is 6.67. The molecule has 1 heterocycles. The largest absolute Gasteiger partial charge is 0.493 e. The molecule has 1 saturated heterocycles.